The Morgan fingerprint density at radius 3 is 2.70 bits per heavy atom. The van der Waals surface area contributed by atoms with Crippen LogP contribution in [0.2, 0.25) is 0 Å². The Labute approximate surface area is 123 Å². The third-order valence-corrected chi connectivity index (χ3v) is 3.42. The normalized spacial score (nSPS) is 15.3. The van der Waals surface area contributed by atoms with Crippen molar-refractivity contribution in [2.45, 2.75) is 31.7 Å². The van der Waals surface area contributed by atoms with Crippen LogP contribution in [0.3, 0.4) is 0 Å². The van der Waals surface area contributed by atoms with Crippen LogP contribution in [0.4, 0.5) is 8.78 Å². The Balaban J connectivity index is 0.00000200. The topological polar surface area (TPSA) is 55.1 Å². The summed E-state index contributed by atoms with van der Waals surface area (Å²) in [6, 6.07) is 3.29. The molecule has 112 valence electrons. The lowest BCUT2D eigenvalue weighted by atomic mass is 10.1. The first-order valence-electron chi connectivity index (χ1n) is 6.53. The van der Waals surface area contributed by atoms with Crippen molar-refractivity contribution in [1.29, 1.82) is 0 Å². The van der Waals surface area contributed by atoms with Gasteiger partial charge in [0, 0.05) is 19.0 Å². The molecule has 1 amide bonds. The third-order valence-electron chi connectivity index (χ3n) is 3.42. The van der Waals surface area contributed by atoms with E-state index >= 15 is 0 Å². The molecule has 6 heteroatoms. The lowest BCUT2D eigenvalue weighted by Gasteiger charge is -2.15. The highest BCUT2D eigenvalue weighted by Gasteiger charge is 2.31. The van der Waals surface area contributed by atoms with Crippen molar-refractivity contribution in [2.75, 3.05) is 6.54 Å². The number of benzene rings is 1. The smallest absolute Gasteiger partial charge is 0.220 e. The highest BCUT2D eigenvalue weighted by atomic mass is 35.5. The standard InChI is InChI=1S/C14H18F2N2O.ClH/c15-11-4-5-12(16)10(7-11)3-6-14(19)18-13(8-17)9-1-2-9;/h4-5,7,9,13H,1-3,6,8,17H2,(H,18,19);1H. The van der Waals surface area contributed by atoms with Crippen molar-refractivity contribution in [3.8, 4) is 0 Å². The van der Waals surface area contributed by atoms with E-state index in [9.17, 15) is 13.6 Å². The van der Waals surface area contributed by atoms with E-state index in [0.29, 0.717) is 12.5 Å². The Bertz CT molecular complexity index is 466. The number of amides is 1. The van der Waals surface area contributed by atoms with Gasteiger partial charge in [-0.3, -0.25) is 4.79 Å². The van der Waals surface area contributed by atoms with Crippen LogP contribution in [0.15, 0.2) is 18.2 Å². The van der Waals surface area contributed by atoms with Crippen LogP contribution in [0.1, 0.15) is 24.8 Å². The second-order valence-corrected chi connectivity index (χ2v) is 4.98. The molecular formula is C14H19ClF2N2O. The molecular weight excluding hydrogens is 286 g/mol. The quantitative estimate of drug-likeness (QED) is 0.846. The number of carbonyl (C=O) groups excluding carboxylic acids is 1. The minimum Gasteiger partial charge on any atom is -0.352 e. The van der Waals surface area contributed by atoms with E-state index in [-0.39, 0.29) is 42.8 Å². The Morgan fingerprint density at radius 1 is 1.40 bits per heavy atom. The molecule has 0 aromatic heterocycles. The predicted octanol–water partition coefficient (Wildman–Crippen LogP) is 2.17. The molecule has 20 heavy (non-hydrogen) atoms. The molecule has 1 unspecified atom stereocenters. The summed E-state index contributed by atoms with van der Waals surface area (Å²) >= 11 is 0. The largest absolute Gasteiger partial charge is 0.352 e. The van der Waals surface area contributed by atoms with Gasteiger partial charge < -0.3 is 11.1 Å². The summed E-state index contributed by atoms with van der Waals surface area (Å²) in [6.07, 6.45) is 2.53. The minimum atomic E-state index is -0.491. The monoisotopic (exact) mass is 304 g/mol. The minimum absolute atomic E-state index is 0. The first-order chi connectivity index (χ1) is 9.10. The predicted molar refractivity (Wildman–Crippen MR) is 75.6 cm³/mol. The van der Waals surface area contributed by atoms with Gasteiger partial charge >= 0.3 is 0 Å². The fourth-order valence-electron chi connectivity index (χ4n) is 2.13. The van der Waals surface area contributed by atoms with Crippen LogP contribution in [-0.4, -0.2) is 18.5 Å². The third kappa shape index (κ3) is 4.72. The number of halogens is 3. The molecule has 1 aromatic carbocycles. The lowest BCUT2D eigenvalue weighted by molar-refractivity contribution is -0.121. The zero-order valence-electron chi connectivity index (χ0n) is 11.1. The summed E-state index contributed by atoms with van der Waals surface area (Å²) in [4.78, 5) is 11.7. The Morgan fingerprint density at radius 2 is 2.10 bits per heavy atom. The fraction of sp³-hybridized carbons (Fsp3) is 0.500. The maximum absolute atomic E-state index is 13.4. The van der Waals surface area contributed by atoms with Gasteiger partial charge in [0.1, 0.15) is 11.6 Å². The number of hydrogen-bond acceptors (Lipinski definition) is 2. The average Bonchev–Trinajstić information content (AvgIpc) is 3.21. The molecule has 0 saturated heterocycles. The number of aryl methyl sites for hydroxylation is 1. The van der Waals surface area contributed by atoms with E-state index in [1.807, 2.05) is 0 Å². The zero-order valence-corrected chi connectivity index (χ0v) is 11.9. The van der Waals surface area contributed by atoms with Gasteiger partial charge in [0.15, 0.2) is 0 Å². The van der Waals surface area contributed by atoms with Crippen molar-refractivity contribution in [1.82, 2.24) is 5.32 Å². The van der Waals surface area contributed by atoms with E-state index < -0.39 is 11.6 Å². The fourth-order valence-corrected chi connectivity index (χ4v) is 2.13. The molecule has 2 rings (SSSR count). The molecule has 1 saturated carbocycles. The van der Waals surface area contributed by atoms with Crippen LogP contribution in [0.5, 0.6) is 0 Å². The van der Waals surface area contributed by atoms with Crippen molar-refractivity contribution in [3.63, 3.8) is 0 Å². The second kappa shape index (κ2) is 7.55. The van der Waals surface area contributed by atoms with Crippen molar-refractivity contribution in [3.05, 3.63) is 35.4 Å². The molecule has 1 fully saturated rings. The maximum Gasteiger partial charge on any atom is 0.220 e. The van der Waals surface area contributed by atoms with E-state index in [1.165, 1.54) is 0 Å². The highest BCUT2D eigenvalue weighted by Crippen LogP contribution is 2.32. The van der Waals surface area contributed by atoms with Gasteiger partial charge in [0.2, 0.25) is 5.91 Å². The van der Waals surface area contributed by atoms with E-state index in [2.05, 4.69) is 5.32 Å². The van der Waals surface area contributed by atoms with Gasteiger partial charge in [0.25, 0.3) is 0 Å². The zero-order chi connectivity index (χ0) is 13.8. The highest BCUT2D eigenvalue weighted by molar-refractivity contribution is 5.85. The summed E-state index contributed by atoms with van der Waals surface area (Å²) in [5.74, 6) is -0.646. The number of rotatable bonds is 6. The molecule has 0 heterocycles. The molecule has 1 atom stereocenters. The molecule has 1 aliphatic rings. The molecule has 1 aliphatic carbocycles. The first kappa shape index (κ1) is 16.9. The van der Waals surface area contributed by atoms with Gasteiger partial charge in [-0.25, -0.2) is 8.78 Å². The SMILES string of the molecule is Cl.NCC(NC(=O)CCc1cc(F)ccc1F)C1CC1. The van der Waals surface area contributed by atoms with Crippen molar-refractivity contribution >= 4 is 18.3 Å². The summed E-state index contributed by atoms with van der Waals surface area (Å²) in [6.45, 7) is 0.421. The van der Waals surface area contributed by atoms with Crippen LogP contribution >= 0.6 is 12.4 Å². The molecule has 3 N–H and O–H groups in total. The van der Waals surface area contributed by atoms with Crippen LogP contribution in [0, 0.1) is 17.6 Å². The summed E-state index contributed by atoms with van der Waals surface area (Å²) in [5, 5.41) is 2.85. The molecule has 3 nitrogen and oxygen atoms in total. The van der Waals surface area contributed by atoms with E-state index in [0.717, 1.165) is 31.0 Å². The summed E-state index contributed by atoms with van der Waals surface area (Å²) < 4.78 is 26.3. The summed E-state index contributed by atoms with van der Waals surface area (Å²) in [5.41, 5.74) is 5.82. The van der Waals surface area contributed by atoms with Gasteiger partial charge in [-0.1, -0.05) is 0 Å². The number of nitrogens with one attached hydrogen (secondary N) is 1. The first-order valence-corrected chi connectivity index (χ1v) is 6.53. The molecule has 0 radical (unpaired) electrons. The number of carbonyl (C=O) groups is 1. The van der Waals surface area contributed by atoms with Crippen LogP contribution < -0.4 is 11.1 Å². The van der Waals surface area contributed by atoms with Crippen LogP contribution in [0.25, 0.3) is 0 Å². The van der Waals surface area contributed by atoms with Crippen LogP contribution in [-0.2, 0) is 11.2 Å². The number of hydrogen-bond donors (Lipinski definition) is 2. The molecule has 0 bridgehead atoms. The van der Waals surface area contributed by atoms with Crippen molar-refractivity contribution < 1.29 is 13.6 Å². The second-order valence-electron chi connectivity index (χ2n) is 4.98. The van der Waals surface area contributed by atoms with Gasteiger partial charge in [-0.2, -0.15) is 0 Å². The van der Waals surface area contributed by atoms with Crippen molar-refractivity contribution in [2.24, 2.45) is 11.7 Å². The Kier molecular flexibility index (Phi) is 6.36. The maximum atomic E-state index is 13.4. The number of nitrogens with two attached hydrogens (primary N) is 1. The van der Waals surface area contributed by atoms with E-state index in [4.69, 9.17) is 5.73 Å². The van der Waals surface area contributed by atoms with E-state index in [1.54, 1.807) is 0 Å². The Hall–Kier alpha value is -1.20. The lowest BCUT2D eigenvalue weighted by Crippen LogP contribution is -2.41. The molecule has 0 spiro atoms. The van der Waals surface area contributed by atoms with Gasteiger partial charge in [-0.15, -0.1) is 12.4 Å². The average molecular weight is 305 g/mol. The molecule has 0 aliphatic heterocycles. The van der Waals surface area contributed by atoms with Gasteiger partial charge in [-0.05, 0) is 48.9 Å². The van der Waals surface area contributed by atoms with Gasteiger partial charge in [0.05, 0.1) is 0 Å². The molecule has 1 aromatic rings. The summed E-state index contributed by atoms with van der Waals surface area (Å²) in [7, 11) is 0.